The zero-order valence-electron chi connectivity index (χ0n) is 11.0. The molecule has 9 nitrogen and oxygen atoms in total. The Morgan fingerprint density at radius 2 is 2.09 bits per heavy atom. The van der Waals surface area contributed by atoms with Crippen molar-refractivity contribution < 1.29 is 28.1 Å². The normalized spacial score (nSPS) is 11.5. The summed E-state index contributed by atoms with van der Waals surface area (Å²) in [5, 5.41) is 9.18. The molecule has 0 radical (unpaired) electrons. The van der Waals surface area contributed by atoms with E-state index in [-0.39, 0.29) is 21.6 Å². The number of halogens is 3. The standard InChI is InChI=1S/C10H8Cl2FN4O5P/c11-6-3-5(13)1-2-7(6)14-10(18)8-9(12)16-17(15-8)4-22-23(19,20)21/h1-3H,4H2,(H,14,18)(H2,19,20,21). The van der Waals surface area contributed by atoms with E-state index in [1.807, 2.05) is 0 Å². The molecule has 0 aliphatic rings. The average Bonchev–Trinajstić information content (AvgIpc) is 2.80. The Bertz CT molecular complexity index is 796. The Morgan fingerprint density at radius 3 is 2.70 bits per heavy atom. The number of benzene rings is 1. The third-order valence-corrected chi connectivity index (χ3v) is 3.37. The molecule has 0 fully saturated rings. The molecule has 0 saturated heterocycles. The van der Waals surface area contributed by atoms with Gasteiger partial charge < -0.3 is 15.1 Å². The van der Waals surface area contributed by atoms with Crippen LogP contribution < -0.4 is 5.32 Å². The molecule has 0 aliphatic carbocycles. The van der Waals surface area contributed by atoms with Gasteiger partial charge in [-0.15, -0.1) is 10.2 Å². The third-order valence-electron chi connectivity index (χ3n) is 2.35. The topological polar surface area (TPSA) is 127 Å². The molecule has 0 bridgehead atoms. The van der Waals surface area contributed by atoms with Crippen molar-refractivity contribution in [3.8, 4) is 0 Å². The summed E-state index contributed by atoms with van der Waals surface area (Å²) in [5.41, 5.74) is -0.212. The molecule has 1 heterocycles. The molecule has 13 heteroatoms. The first-order valence-corrected chi connectivity index (χ1v) is 8.01. The van der Waals surface area contributed by atoms with Crippen molar-refractivity contribution >= 4 is 42.6 Å². The van der Waals surface area contributed by atoms with E-state index in [0.29, 0.717) is 4.80 Å². The molecule has 0 unspecified atom stereocenters. The highest BCUT2D eigenvalue weighted by molar-refractivity contribution is 7.46. The van der Waals surface area contributed by atoms with E-state index in [1.54, 1.807) is 0 Å². The second-order valence-corrected chi connectivity index (χ2v) is 6.04. The van der Waals surface area contributed by atoms with E-state index in [4.69, 9.17) is 33.0 Å². The highest BCUT2D eigenvalue weighted by atomic mass is 35.5. The Labute approximate surface area is 138 Å². The third kappa shape index (κ3) is 4.96. The van der Waals surface area contributed by atoms with Crippen molar-refractivity contribution in [2.75, 3.05) is 5.32 Å². The fourth-order valence-corrected chi connectivity index (χ4v) is 2.10. The van der Waals surface area contributed by atoms with Crippen LogP contribution >= 0.6 is 31.0 Å². The van der Waals surface area contributed by atoms with Gasteiger partial charge in [0, 0.05) is 0 Å². The van der Waals surface area contributed by atoms with Gasteiger partial charge in [0.2, 0.25) is 0 Å². The van der Waals surface area contributed by atoms with Gasteiger partial charge in [0.05, 0.1) is 10.7 Å². The summed E-state index contributed by atoms with van der Waals surface area (Å²) in [6.45, 7) is -0.714. The number of amides is 1. The molecule has 3 N–H and O–H groups in total. The first-order valence-electron chi connectivity index (χ1n) is 5.73. The minimum Gasteiger partial charge on any atom is -0.319 e. The molecular formula is C10H8Cl2FN4O5P. The van der Waals surface area contributed by atoms with Crippen molar-refractivity contribution in [2.45, 2.75) is 6.73 Å². The zero-order valence-corrected chi connectivity index (χ0v) is 13.4. The van der Waals surface area contributed by atoms with E-state index in [0.717, 1.165) is 12.1 Å². The van der Waals surface area contributed by atoms with E-state index in [1.165, 1.54) is 6.07 Å². The Balaban J connectivity index is 2.13. The van der Waals surface area contributed by atoms with Gasteiger partial charge in [-0.25, -0.2) is 8.96 Å². The van der Waals surface area contributed by atoms with Crippen molar-refractivity contribution in [3.63, 3.8) is 0 Å². The van der Waals surface area contributed by atoms with Gasteiger partial charge in [-0.1, -0.05) is 23.2 Å². The second kappa shape index (κ2) is 6.91. The fourth-order valence-electron chi connectivity index (χ4n) is 1.42. The second-order valence-electron chi connectivity index (χ2n) is 4.04. The molecule has 1 aromatic heterocycles. The van der Waals surface area contributed by atoms with Gasteiger partial charge in [0.25, 0.3) is 5.91 Å². The van der Waals surface area contributed by atoms with Crippen LogP contribution in [0.4, 0.5) is 10.1 Å². The van der Waals surface area contributed by atoms with Gasteiger partial charge in [-0.2, -0.15) is 4.80 Å². The van der Waals surface area contributed by atoms with E-state index in [2.05, 4.69) is 20.0 Å². The van der Waals surface area contributed by atoms with E-state index >= 15 is 0 Å². The number of nitrogens with zero attached hydrogens (tertiary/aromatic N) is 3. The minimum atomic E-state index is -4.72. The van der Waals surface area contributed by atoms with Gasteiger partial charge in [-0.05, 0) is 18.2 Å². The monoisotopic (exact) mass is 384 g/mol. The average molecular weight is 385 g/mol. The smallest absolute Gasteiger partial charge is 0.319 e. The maximum Gasteiger partial charge on any atom is 0.471 e. The molecule has 0 spiro atoms. The maximum atomic E-state index is 12.9. The van der Waals surface area contributed by atoms with Gasteiger partial charge in [-0.3, -0.25) is 9.32 Å². The summed E-state index contributed by atoms with van der Waals surface area (Å²) in [7, 11) is -4.72. The number of aromatic nitrogens is 3. The van der Waals surface area contributed by atoms with Gasteiger partial charge >= 0.3 is 7.82 Å². The van der Waals surface area contributed by atoms with Crippen LogP contribution in [0.15, 0.2) is 18.2 Å². The number of phosphoric acid groups is 1. The summed E-state index contributed by atoms with van der Waals surface area (Å²) in [4.78, 5) is 29.9. The molecule has 23 heavy (non-hydrogen) atoms. The van der Waals surface area contributed by atoms with Gasteiger partial charge in [0.15, 0.2) is 17.6 Å². The summed E-state index contributed by atoms with van der Waals surface area (Å²) >= 11 is 11.5. The summed E-state index contributed by atoms with van der Waals surface area (Å²) in [6, 6.07) is 3.34. The van der Waals surface area contributed by atoms with Crippen LogP contribution in [0.25, 0.3) is 0 Å². The number of rotatable bonds is 5. The summed E-state index contributed by atoms with van der Waals surface area (Å²) in [5.74, 6) is -1.38. The lowest BCUT2D eigenvalue weighted by Crippen LogP contribution is -2.14. The zero-order chi connectivity index (χ0) is 17.2. The first-order chi connectivity index (χ1) is 10.7. The number of carbonyl (C=O) groups excluding carboxylic acids is 1. The van der Waals surface area contributed by atoms with Crippen molar-refractivity contribution in [1.82, 2.24) is 15.0 Å². The Kier molecular flexibility index (Phi) is 5.35. The lowest BCUT2D eigenvalue weighted by molar-refractivity contribution is 0.101. The lowest BCUT2D eigenvalue weighted by Gasteiger charge is -2.05. The van der Waals surface area contributed by atoms with Gasteiger partial charge in [0.1, 0.15) is 5.82 Å². The molecule has 2 aromatic rings. The SMILES string of the molecule is O=C(Nc1ccc(F)cc1Cl)c1nn(COP(=O)(O)O)nc1Cl. The van der Waals surface area contributed by atoms with Crippen molar-refractivity contribution in [2.24, 2.45) is 0 Å². The number of carbonyl (C=O) groups is 1. The van der Waals surface area contributed by atoms with E-state index in [9.17, 15) is 13.8 Å². The summed E-state index contributed by atoms with van der Waals surface area (Å²) in [6.07, 6.45) is 0. The van der Waals surface area contributed by atoms with Crippen LogP contribution in [0, 0.1) is 5.82 Å². The molecular weight excluding hydrogens is 377 g/mol. The highest BCUT2D eigenvalue weighted by Crippen LogP contribution is 2.36. The van der Waals surface area contributed by atoms with Crippen LogP contribution in [0.3, 0.4) is 0 Å². The van der Waals surface area contributed by atoms with Crippen LogP contribution in [-0.2, 0) is 15.8 Å². The van der Waals surface area contributed by atoms with Crippen LogP contribution in [0.1, 0.15) is 10.5 Å². The first kappa shape index (κ1) is 17.8. The predicted octanol–water partition coefficient (Wildman–Crippen LogP) is 2.04. The Morgan fingerprint density at radius 1 is 1.39 bits per heavy atom. The van der Waals surface area contributed by atoms with Crippen molar-refractivity contribution in [1.29, 1.82) is 0 Å². The molecule has 0 aliphatic heterocycles. The Hall–Kier alpha value is -1.55. The molecule has 124 valence electrons. The molecule has 1 amide bonds. The van der Waals surface area contributed by atoms with Crippen LogP contribution in [0.5, 0.6) is 0 Å². The largest absolute Gasteiger partial charge is 0.471 e. The maximum absolute atomic E-state index is 12.9. The molecule has 1 aromatic carbocycles. The van der Waals surface area contributed by atoms with Crippen LogP contribution in [0.2, 0.25) is 10.2 Å². The highest BCUT2D eigenvalue weighted by Gasteiger charge is 2.20. The number of nitrogens with one attached hydrogen (secondary N) is 1. The number of anilines is 1. The van der Waals surface area contributed by atoms with Crippen LogP contribution in [-0.4, -0.2) is 30.7 Å². The predicted molar refractivity (Wildman–Crippen MR) is 77.5 cm³/mol. The molecule has 0 saturated carbocycles. The molecule has 2 rings (SSSR count). The number of hydrogen-bond donors (Lipinski definition) is 3. The summed E-state index contributed by atoms with van der Waals surface area (Å²) < 4.78 is 27.7. The number of phosphoric ester groups is 1. The fraction of sp³-hybridized carbons (Fsp3) is 0.100. The quantitative estimate of drug-likeness (QED) is 0.673. The molecule has 0 atom stereocenters. The minimum absolute atomic E-state index is 0.0355. The van der Waals surface area contributed by atoms with E-state index < -0.39 is 26.3 Å². The lowest BCUT2D eigenvalue weighted by atomic mass is 10.3. The van der Waals surface area contributed by atoms with Crippen molar-refractivity contribution in [3.05, 3.63) is 39.9 Å². The number of hydrogen-bond acceptors (Lipinski definition) is 5.